The van der Waals surface area contributed by atoms with Crippen molar-refractivity contribution < 1.29 is 19.4 Å². The Morgan fingerprint density at radius 2 is 2.13 bits per heavy atom. The van der Waals surface area contributed by atoms with E-state index in [2.05, 4.69) is 0 Å². The van der Waals surface area contributed by atoms with E-state index in [-0.39, 0.29) is 5.91 Å². The van der Waals surface area contributed by atoms with E-state index in [9.17, 15) is 9.59 Å². The molecule has 1 heterocycles. The van der Waals surface area contributed by atoms with Crippen LogP contribution < -0.4 is 0 Å². The molecule has 0 aromatic heterocycles. The molecule has 1 N–H and O–H groups in total. The van der Waals surface area contributed by atoms with E-state index in [0.29, 0.717) is 13.0 Å². The summed E-state index contributed by atoms with van der Waals surface area (Å²) in [5, 5.41) is 8.79. The van der Waals surface area contributed by atoms with Gasteiger partial charge in [-0.1, -0.05) is 0 Å². The van der Waals surface area contributed by atoms with Crippen LogP contribution in [0.15, 0.2) is 0 Å². The predicted molar refractivity (Wildman–Crippen MR) is 53.5 cm³/mol. The molecule has 0 aliphatic carbocycles. The molecule has 0 radical (unpaired) electrons. The summed E-state index contributed by atoms with van der Waals surface area (Å²) in [5.41, 5.74) is -0.835. The van der Waals surface area contributed by atoms with Crippen molar-refractivity contribution in [2.45, 2.75) is 38.3 Å². The molecule has 0 aromatic rings. The lowest BCUT2D eigenvalue weighted by atomic mass is 10.0. The predicted octanol–water partition coefficient (Wildman–Crippen LogP) is 0.487. The molecule has 0 aromatic carbocycles. The van der Waals surface area contributed by atoms with E-state index in [4.69, 9.17) is 9.84 Å². The summed E-state index contributed by atoms with van der Waals surface area (Å²) in [7, 11) is 1.49. The number of ether oxygens (including phenoxy) is 1. The van der Waals surface area contributed by atoms with Gasteiger partial charge in [0.25, 0.3) is 5.91 Å². The Hall–Kier alpha value is -1.10. The lowest BCUT2D eigenvalue weighted by Crippen LogP contribution is -2.50. The highest BCUT2D eigenvalue weighted by atomic mass is 16.5. The van der Waals surface area contributed by atoms with Crippen molar-refractivity contribution in [1.82, 2.24) is 4.90 Å². The molecule has 1 saturated heterocycles. The Labute approximate surface area is 89.0 Å². The third-order valence-corrected chi connectivity index (χ3v) is 2.93. The number of aliphatic carboxylic acids is 1. The second-order valence-electron chi connectivity index (χ2n) is 4.11. The number of amides is 1. The van der Waals surface area contributed by atoms with E-state index in [1.54, 1.807) is 6.92 Å². The van der Waals surface area contributed by atoms with Crippen LogP contribution in [0.1, 0.15) is 26.7 Å². The fraction of sp³-hybridized carbons (Fsp3) is 0.800. The van der Waals surface area contributed by atoms with Crippen molar-refractivity contribution in [2.24, 2.45) is 0 Å². The summed E-state index contributed by atoms with van der Waals surface area (Å²) in [5.74, 6) is -1.26. The molecule has 1 rings (SSSR count). The van der Waals surface area contributed by atoms with Crippen molar-refractivity contribution in [1.29, 1.82) is 0 Å². The molecule has 5 heteroatoms. The third-order valence-electron chi connectivity index (χ3n) is 2.93. The minimum absolute atomic E-state index is 0.255. The summed E-state index contributed by atoms with van der Waals surface area (Å²) in [4.78, 5) is 23.9. The number of likely N-dealkylation sites (N-methyl/N-ethyl adjacent to an activating group) is 1. The molecule has 5 nitrogen and oxygen atoms in total. The highest BCUT2D eigenvalue weighted by molar-refractivity contribution is 5.88. The normalized spacial score (nSPS) is 27.4. The van der Waals surface area contributed by atoms with Gasteiger partial charge in [0.05, 0.1) is 0 Å². The van der Waals surface area contributed by atoms with Gasteiger partial charge < -0.3 is 14.7 Å². The second-order valence-corrected chi connectivity index (χ2v) is 4.11. The van der Waals surface area contributed by atoms with Crippen LogP contribution in [0.3, 0.4) is 0 Å². The van der Waals surface area contributed by atoms with Gasteiger partial charge in [0.15, 0.2) is 0 Å². The van der Waals surface area contributed by atoms with E-state index < -0.39 is 17.6 Å². The van der Waals surface area contributed by atoms with Crippen LogP contribution in [-0.4, -0.2) is 47.2 Å². The maximum absolute atomic E-state index is 12.0. The van der Waals surface area contributed by atoms with Gasteiger partial charge in [0, 0.05) is 13.7 Å². The molecule has 1 amide bonds. The number of hydrogen-bond donors (Lipinski definition) is 1. The number of nitrogens with zero attached hydrogens (tertiary/aromatic N) is 1. The SMILES string of the molecule is CC(C(=O)O)N(C)C(=O)C1(C)CCCO1. The summed E-state index contributed by atoms with van der Waals surface area (Å²) in [6.07, 6.45) is 1.50. The molecular formula is C10H17NO4. The van der Waals surface area contributed by atoms with Crippen molar-refractivity contribution in [2.75, 3.05) is 13.7 Å². The topological polar surface area (TPSA) is 66.8 Å². The fourth-order valence-corrected chi connectivity index (χ4v) is 1.66. The Morgan fingerprint density at radius 1 is 1.53 bits per heavy atom. The smallest absolute Gasteiger partial charge is 0.326 e. The standard InChI is InChI=1S/C10H17NO4/c1-7(8(12)13)11(3)9(14)10(2)5-4-6-15-10/h7H,4-6H2,1-3H3,(H,12,13). The maximum Gasteiger partial charge on any atom is 0.326 e. The zero-order valence-electron chi connectivity index (χ0n) is 9.32. The summed E-state index contributed by atoms with van der Waals surface area (Å²) < 4.78 is 5.37. The molecule has 0 saturated carbocycles. The van der Waals surface area contributed by atoms with Gasteiger partial charge in [0.2, 0.25) is 0 Å². The minimum atomic E-state index is -1.01. The van der Waals surface area contributed by atoms with Gasteiger partial charge in [-0.25, -0.2) is 4.79 Å². The third kappa shape index (κ3) is 2.28. The molecule has 2 atom stereocenters. The lowest BCUT2D eigenvalue weighted by Gasteiger charge is -2.30. The average Bonchev–Trinajstić information content (AvgIpc) is 2.62. The molecule has 1 aliphatic rings. The minimum Gasteiger partial charge on any atom is -0.480 e. The van der Waals surface area contributed by atoms with Crippen LogP contribution in [0.2, 0.25) is 0 Å². The first-order chi connectivity index (χ1) is 6.88. The van der Waals surface area contributed by atoms with Gasteiger partial charge in [-0.05, 0) is 26.7 Å². The highest BCUT2D eigenvalue weighted by Gasteiger charge is 2.41. The average molecular weight is 215 g/mol. The number of carbonyl (C=O) groups is 2. The molecule has 86 valence electrons. The van der Waals surface area contributed by atoms with Gasteiger partial charge in [0.1, 0.15) is 11.6 Å². The monoisotopic (exact) mass is 215 g/mol. The number of rotatable bonds is 3. The summed E-state index contributed by atoms with van der Waals surface area (Å²) in [6.45, 7) is 3.77. The molecule has 2 unspecified atom stereocenters. The molecule has 0 bridgehead atoms. The van der Waals surface area contributed by atoms with Gasteiger partial charge >= 0.3 is 5.97 Å². The molecule has 1 aliphatic heterocycles. The number of hydrogen-bond acceptors (Lipinski definition) is 3. The Balaban J connectivity index is 2.71. The number of carbonyl (C=O) groups excluding carboxylic acids is 1. The molecule has 15 heavy (non-hydrogen) atoms. The second kappa shape index (κ2) is 4.18. The molecule has 1 fully saturated rings. The maximum atomic E-state index is 12.0. The van der Waals surface area contributed by atoms with E-state index in [1.165, 1.54) is 18.9 Å². The van der Waals surface area contributed by atoms with E-state index >= 15 is 0 Å². The van der Waals surface area contributed by atoms with Crippen molar-refractivity contribution in [3.05, 3.63) is 0 Å². The summed E-state index contributed by atoms with van der Waals surface area (Å²) >= 11 is 0. The van der Waals surface area contributed by atoms with Gasteiger partial charge in [-0.2, -0.15) is 0 Å². The van der Waals surface area contributed by atoms with Gasteiger partial charge in [-0.15, -0.1) is 0 Å². The Morgan fingerprint density at radius 3 is 2.53 bits per heavy atom. The Bertz CT molecular complexity index is 271. The first-order valence-corrected chi connectivity index (χ1v) is 5.02. The fourth-order valence-electron chi connectivity index (χ4n) is 1.66. The van der Waals surface area contributed by atoms with Crippen LogP contribution in [0, 0.1) is 0 Å². The quantitative estimate of drug-likeness (QED) is 0.744. The summed E-state index contributed by atoms with van der Waals surface area (Å²) in [6, 6.07) is -0.821. The molecule has 0 spiro atoms. The van der Waals surface area contributed by atoms with E-state index in [0.717, 1.165) is 6.42 Å². The first kappa shape index (κ1) is 12.0. The van der Waals surface area contributed by atoms with Crippen LogP contribution in [0.5, 0.6) is 0 Å². The largest absolute Gasteiger partial charge is 0.480 e. The number of carboxylic acid groups (broad SMARTS) is 1. The Kier molecular flexibility index (Phi) is 3.34. The van der Waals surface area contributed by atoms with Crippen LogP contribution >= 0.6 is 0 Å². The van der Waals surface area contributed by atoms with Crippen molar-refractivity contribution in [3.8, 4) is 0 Å². The zero-order chi connectivity index (χ0) is 11.6. The van der Waals surface area contributed by atoms with Crippen molar-refractivity contribution in [3.63, 3.8) is 0 Å². The van der Waals surface area contributed by atoms with Crippen LogP contribution in [0.4, 0.5) is 0 Å². The van der Waals surface area contributed by atoms with Crippen LogP contribution in [-0.2, 0) is 14.3 Å². The van der Waals surface area contributed by atoms with Gasteiger partial charge in [-0.3, -0.25) is 4.79 Å². The van der Waals surface area contributed by atoms with E-state index in [1.807, 2.05) is 0 Å². The van der Waals surface area contributed by atoms with Crippen molar-refractivity contribution >= 4 is 11.9 Å². The van der Waals surface area contributed by atoms with Crippen LogP contribution in [0.25, 0.3) is 0 Å². The first-order valence-electron chi connectivity index (χ1n) is 5.02. The number of carboxylic acids is 1. The molecular weight excluding hydrogens is 198 g/mol. The highest BCUT2D eigenvalue weighted by Crippen LogP contribution is 2.27. The lowest BCUT2D eigenvalue weighted by molar-refractivity contribution is -0.158. The zero-order valence-corrected chi connectivity index (χ0v) is 9.32.